The number of aromatic amines is 1. The molecule has 0 aliphatic rings. The van der Waals surface area contributed by atoms with Crippen molar-refractivity contribution in [3.8, 4) is 22.6 Å². The first-order valence-electron chi connectivity index (χ1n) is 5.13. The van der Waals surface area contributed by atoms with E-state index in [1.165, 1.54) is 12.3 Å². The van der Waals surface area contributed by atoms with Crippen LogP contribution in [-0.2, 0) is 0 Å². The second kappa shape index (κ2) is 3.95. The predicted octanol–water partition coefficient (Wildman–Crippen LogP) is 1.85. The first-order chi connectivity index (χ1) is 8.77. The van der Waals surface area contributed by atoms with Crippen LogP contribution in [0.1, 0.15) is 0 Å². The summed E-state index contributed by atoms with van der Waals surface area (Å²) in [6.45, 7) is 0. The highest BCUT2D eigenvalue weighted by Gasteiger charge is 2.21. The Bertz CT molecular complexity index is 677. The number of anilines is 1. The summed E-state index contributed by atoms with van der Waals surface area (Å²) in [6.07, 6.45) is 1.45. The Labute approximate surface area is 101 Å². The zero-order valence-corrected chi connectivity index (χ0v) is 9.09. The average Bonchev–Trinajstić information content (AvgIpc) is 2.99. The first-order valence-corrected chi connectivity index (χ1v) is 5.13. The van der Waals surface area contributed by atoms with Crippen LogP contribution in [0.2, 0.25) is 0 Å². The van der Waals surface area contributed by atoms with Gasteiger partial charge in [-0.2, -0.15) is 15.4 Å². The number of aromatic nitrogens is 4. The molecule has 3 aromatic rings. The van der Waals surface area contributed by atoms with Crippen molar-refractivity contribution < 1.29 is 8.91 Å². The number of halogens is 1. The van der Waals surface area contributed by atoms with Gasteiger partial charge in [0.2, 0.25) is 0 Å². The molecule has 0 spiro atoms. The second-order valence-corrected chi connectivity index (χ2v) is 3.61. The van der Waals surface area contributed by atoms with E-state index in [4.69, 9.17) is 10.3 Å². The molecule has 2 aromatic heterocycles. The minimum absolute atomic E-state index is 0.109. The van der Waals surface area contributed by atoms with Crippen LogP contribution in [-0.4, -0.2) is 20.6 Å². The lowest BCUT2D eigenvalue weighted by molar-refractivity contribution is 0.434. The van der Waals surface area contributed by atoms with Crippen LogP contribution in [0, 0.1) is 5.82 Å². The highest BCUT2D eigenvalue weighted by atomic mass is 19.1. The second-order valence-electron chi connectivity index (χ2n) is 3.61. The van der Waals surface area contributed by atoms with Gasteiger partial charge in [-0.05, 0) is 6.07 Å². The Kier molecular flexibility index (Phi) is 2.30. The monoisotopic (exact) mass is 245 g/mol. The molecule has 7 heteroatoms. The van der Waals surface area contributed by atoms with Crippen molar-refractivity contribution in [3.05, 3.63) is 36.3 Å². The van der Waals surface area contributed by atoms with Crippen LogP contribution in [0.4, 0.5) is 10.2 Å². The third-order valence-corrected chi connectivity index (χ3v) is 2.51. The number of nitrogens with zero attached hydrogens (tertiary/aromatic N) is 3. The number of hydrogen-bond donors (Lipinski definition) is 2. The van der Waals surface area contributed by atoms with E-state index < -0.39 is 5.82 Å². The summed E-state index contributed by atoms with van der Waals surface area (Å²) in [7, 11) is 0. The molecule has 18 heavy (non-hydrogen) atoms. The van der Waals surface area contributed by atoms with Gasteiger partial charge in [-0.3, -0.25) is 0 Å². The van der Waals surface area contributed by atoms with Gasteiger partial charge in [-0.15, -0.1) is 0 Å². The Balaban J connectivity index is 2.24. The number of nitrogens with two attached hydrogens (primary N) is 1. The first kappa shape index (κ1) is 10.5. The minimum atomic E-state index is -0.405. The molecule has 0 saturated carbocycles. The van der Waals surface area contributed by atoms with Crippen LogP contribution in [0.25, 0.3) is 22.6 Å². The smallest absolute Gasteiger partial charge is 0.198 e. The molecule has 0 aliphatic heterocycles. The molecular formula is C11H8FN5O. The molecule has 0 amide bonds. The van der Waals surface area contributed by atoms with E-state index in [-0.39, 0.29) is 11.6 Å². The molecule has 1 aromatic carbocycles. The van der Waals surface area contributed by atoms with Crippen molar-refractivity contribution in [2.45, 2.75) is 0 Å². The minimum Gasteiger partial charge on any atom is -0.380 e. The van der Waals surface area contributed by atoms with Crippen LogP contribution in [0.3, 0.4) is 0 Å². The van der Waals surface area contributed by atoms with E-state index in [1.54, 1.807) is 18.2 Å². The fraction of sp³-hybridized carbons (Fsp3) is 0. The van der Waals surface area contributed by atoms with E-state index in [0.29, 0.717) is 16.8 Å². The Morgan fingerprint density at radius 1 is 1.28 bits per heavy atom. The largest absolute Gasteiger partial charge is 0.380 e. The topological polar surface area (TPSA) is 93.6 Å². The van der Waals surface area contributed by atoms with Crippen LogP contribution >= 0.6 is 0 Å². The number of benzene rings is 1. The lowest BCUT2D eigenvalue weighted by Crippen LogP contribution is -1.91. The molecule has 0 fully saturated rings. The van der Waals surface area contributed by atoms with Crippen molar-refractivity contribution in [3.63, 3.8) is 0 Å². The van der Waals surface area contributed by atoms with E-state index in [2.05, 4.69) is 20.6 Å². The van der Waals surface area contributed by atoms with Crippen LogP contribution in [0.5, 0.6) is 0 Å². The zero-order chi connectivity index (χ0) is 12.5. The van der Waals surface area contributed by atoms with Gasteiger partial charge in [0, 0.05) is 5.56 Å². The molecule has 0 radical (unpaired) electrons. The van der Waals surface area contributed by atoms with Gasteiger partial charge < -0.3 is 10.3 Å². The maximum atomic E-state index is 13.8. The fourth-order valence-corrected chi connectivity index (χ4v) is 1.71. The van der Waals surface area contributed by atoms with Gasteiger partial charge in [-0.25, -0.2) is 4.39 Å². The van der Waals surface area contributed by atoms with Crippen molar-refractivity contribution >= 4 is 5.82 Å². The van der Waals surface area contributed by atoms with Gasteiger partial charge in [0.05, 0.1) is 11.8 Å². The molecule has 3 N–H and O–H groups in total. The number of rotatable bonds is 2. The highest BCUT2D eigenvalue weighted by Crippen LogP contribution is 2.36. The van der Waals surface area contributed by atoms with Crippen molar-refractivity contribution in [2.24, 2.45) is 0 Å². The van der Waals surface area contributed by atoms with Gasteiger partial charge in [0.1, 0.15) is 5.82 Å². The van der Waals surface area contributed by atoms with Crippen molar-refractivity contribution in [1.29, 1.82) is 0 Å². The zero-order valence-electron chi connectivity index (χ0n) is 9.09. The summed E-state index contributed by atoms with van der Waals surface area (Å²) in [5, 5.41) is 13.6. The molecule has 2 heterocycles. The molecule has 0 saturated heterocycles. The molecule has 3 rings (SSSR count). The summed E-state index contributed by atoms with van der Waals surface area (Å²) < 4.78 is 18.9. The Hall–Kier alpha value is -2.70. The number of hydrogen-bond acceptors (Lipinski definition) is 5. The van der Waals surface area contributed by atoms with Gasteiger partial charge in [0.15, 0.2) is 17.3 Å². The van der Waals surface area contributed by atoms with Crippen molar-refractivity contribution in [2.75, 3.05) is 5.73 Å². The Morgan fingerprint density at radius 2 is 2.11 bits per heavy atom. The lowest BCUT2D eigenvalue weighted by Gasteiger charge is -2.01. The summed E-state index contributed by atoms with van der Waals surface area (Å²) in [6, 6.07) is 6.24. The standard InChI is InChI=1S/C11H8FN5O/c12-7-4-2-1-3-6(7)9-10(18-16-11(9)13)8-5-14-17-15-8/h1-5H,(H2,13,16)(H,14,15,17). The number of nitrogen functional groups attached to an aromatic ring is 1. The van der Waals surface area contributed by atoms with E-state index in [1.807, 2.05) is 0 Å². The molecule has 6 nitrogen and oxygen atoms in total. The molecule has 0 atom stereocenters. The van der Waals surface area contributed by atoms with Crippen LogP contribution < -0.4 is 5.73 Å². The third-order valence-electron chi connectivity index (χ3n) is 2.51. The van der Waals surface area contributed by atoms with Gasteiger partial charge in [0.25, 0.3) is 0 Å². The third kappa shape index (κ3) is 1.53. The molecule has 0 unspecified atom stereocenters. The van der Waals surface area contributed by atoms with Crippen molar-refractivity contribution in [1.82, 2.24) is 20.6 Å². The van der Waals surface area contributed by atoms with Gasteiger partial charge in [-0.1, -0.05) is 23.4 Å². The summed E-state index contributed by atoms with van der Waals surface area (Å²) in [5.41, 5.74) is 6.82. The normalized spacial score (nSPS) is 10.7. The predicted molar refractivity (Wildman–Crippen MR) is 61.7 cm³/mol. The molecule has 90 valence electrons. The summed E-state index contributed by atoms with van der Waals surface area (Å²) in [5.74, 6) is -0.0124. The summed E-state index contributed by atoms with van der Waals surface area (Å²) >= 11 is 0. The Morgan fingerprint density at radius 3 is 2.83 bits per heavy atom. The number of H-pyrrole nitrogens is 1. The quantitative estimate of drug-likeness (QED) is 0.718. The SMILES string of the molecule is Nc1noc(-c2cn[nH]n2)c1-c1ccccc1F. The fourth-order valence-electron chi connectivity index (χ4n) is 1.71. The van der Waals surface area contributed by atoms with E-state index >= 15 is 0 Å². The van der Waals surface area contributed by atoms with E-state index in [9.17, 15) is 4.39 Å². The van der Waals surface area contributed by atoms with Gasteiger partial charge >= 0.3 is 0 Å². The van der Waals surface area contributed by atoms with Crippen LogP contribution in [0.15, 0.2) is 35.0 Å². The number of nitrogens with one attached hydrogen (secondary N) is 1. The highest BCUT2D eigenvalue weighted by molar-refractivity contribution is 5.85. The average molecular weight is 245 g/mol. The maximum Gasteiger partial charge on any atom is 0.198 e. The lowest BCUT2D eigenvalue weighted by atomic mass is 10.0. The van der Waals surface area contributed by atoms with E-state index in [0.717, 1.165) is 0 Å². The molecular weight excluding hydrogens is 237 g/mol. The molecule has 0 bridgehead atoms. The summed E-state index contributed by atoms with van der Waals surface area (Å²) in [4.78, 5) is 0. The molecule has 0 aliphatic carbocycles. The maximum absolute atomic E-state index is 13.8.